The molecule has 1 aliphatic heterocycles. The lowest BCUT2D eigenvalue weighted by molar-refractivity contribution is -0.130. The van der Waals surface area contributed by atoms with Gasteiger partial charge < -0.3 is 29.6 Å². The molecule has 0 aliphatic carbocycles. The summed E-state index contributed by atoms with van der Waals surface area (Å²) in [6, 6.07) is 5.36. The maximum atomic E-state index is 12.9. The summed E-state index contributed by atoms with van der Waals surface area (Å²) < 4.78 is 21.3. The van der Waals surface area contributed by atoms with Crippen LogP contribution in [0.1, 0.15) is 12.8 Å². The largest absolute Gasteiger partial charge is 0.493 e. The lowest BCUT2D eigenvalue weighted by Gasteiger charge is -2.35. The van der Waals surface area contributed by atoms with Crippen molar-refractivity contribution in [1.82, 2.24) is 5.32 Å². The van der Waals surface area contributed by atoms with Crippen molar-refractivity contribution in [2.45, 2.75) is 12.8 Å². The van der Waals surface area contributed by atoms with Crippen molar-refractivity contribution in [2.75, 3.05) is 59.6 Å². The summed E-state index contributed by atoms with van der Waals surface area (Å²) >= 11 is 0. The van der Waals surface area contributed by atoms with Crippen molar-refractivity contribution in [2.24, 2.45) is 5.41 Å². The smallest absolute Gasteiger partial charge is 0.233 e. The fourth-order valence-corrected chi connectivity index (χ4v) is 2.98. The van der Waals surface area contributed by atoms with Crippen LogP contribution >= 0.6 is 0 Å². The van der Waals surface area contributed by atoms with Crippen LogP contribution in [-0.4, -0.2) is 60.1 Å². The Kier molecular flexibility index (Phi) is 7.49. The third-order valence-electron chi connectivity index (χ3n) is 4.43. The third-order valence-corrected chi connectivity index (χ3v) is 4.43. The summed E-state index contributed by atoms with van der Waals surface area (Å²) in [6.07, 6.45) is 1.50. The normalized spacial score (nSPS) is 16.3. The van der Waals surface area contributed by atoms with Gasteiger partial charge in [-0.15, -0.1) is 0 Å². The average molecular weight is 352 g/mol. The molecule has 0 radical (unpaired) electrons. The van der Waals surface area contributed by atoms with Crippen molar-refractivity contribution < 1.29 is 23.7 Å². The molecule has 7 heteroatoms. The molecule has 25 heavy (non-hydrogen) atoms. The van der Waals surface area contributed by atoms with Gasteiger partial charge in [0, 0.05) is 26.0 Å². The minimum atomic E-state index is -0.503. The Bertz CT molecular complexity index is 553. The monoisotopic (exact) mass is 352 g/mol. The maximum absolute atomic E-state index is 12.9. The second kappa shape index (κ2) is 9.60. The Morgan fingerprint density at radius 3 is 2.52 bits per heavy atom. The van der Waals surface area contributed by atoms with Crippen LogP contribution in [0.3, 0.4) is 0 Å². The first-order valence-corrected chi connectivity index (χ1v) is 8.46. The van der Waals surface area contributed by atoms with Gasteiger partial charge in [-0.1, -0.05) is 0 Å². The van der Waals surface area contributed by atoms with Gasteiger partial charge in [-0.2, -0.15) is 0 Å². The lowest BCUT2D eigenvalue weighted by Crippen LogP contribution is -2.47. The number of ether oxygens (including phenoxy) is 4. The minimum absolute atomic E-state index is 0.0242. The molecule has 1 aromatic carbocycles. The predicted molar refractivity (Wildman–Crippen MR) is 95.4 cm³/mol. The zero-order valence-electron chi connectivity index (χ0n) is 15.2. The lowest BCUT2D eigenvalue weighted by atomic mass is 9.78. The first-order chi connectivity index (χ1) is 12.1. The van der Waals surface area contributed by atoms with E-state index in [2.05, 4.69) is 10.6 Å². The van der Waals surface area contributed by atoms with E-state index in [4.69, 9.17) is 18.9 Å². The summed E-state index contributed by atoms with van der Waals surface area (Å²) in [5, 5.41) is 6.29. The number of anilines is 1. The molecule has 0 bridgehead atoms. The van der Waals surface area contributed by atoms with Crippen LogP contribution in [0.2, 0.25) is 0 Å². The van der Waals surface area contributed by atoms with E-state index in [1.54, 1.807) is 33.5 Å². The molecule has 1 aromatic rings. The van der Waals surface area contributed by atoms with E-state index < -0.39 is 5.41 Å². The van der Waals surface area contributed by atoms with E-state index in [9.17, 15) is 4.79 Å². The third kappa shape index (κ3) is 5.07. The quantitative estimate of drug-likeness (QED) is 0.659. The number of hydrogen-bond acceptors (Lipinski definition) is 6. The molecule has 7 nitrogen and oxygen atoms in total. The summed E-state index contributed by atoms with van der Waals surface area (Å²) in [5.74, 6) is 1.16. The number of hydrogen-bond donors (Lipinski definition) is 2. The molecule has 1 fully saturated rings. The van der Waals surface area contributed by atoms with Gasteiger partial charge in [0.25, 0.3) is 0 Å². The topological polar surface area (TPSA) is 78.1 Å². The van der Waals surface area contributed by atoms with E-state index in [0.29, 0.717) is 37.0 Å². The molecule has 2 N–H and O–H groups in total. The molecule has 0 aromatic heterocycles. The summed E-state index contributed by atoms with van der Waals surface area (Å²) in [6.45, 7) is 2.91. The first kappa shape index (κ1) is 19.5. The van der Waals surface area contributed by atoms with E-state index in [0.717, 1.165) is 25.9 Å². The zero-order chi connectivity index (χ0) is 18.1. The minimum Gasteiger partial charge on any atom is -0.493 e. The van der Waals surface area contributed by atoms with Gasteiger partial charge in [0.15, 0.2) is 11.5 Å². The Labute approximate surface area is 149 Å². The molecule has 0 unspecified atom stereocenters. The standard InChI is InChI=1S/C18H28N2O5/c1-22-10-11-25-16-12-14(4-5-15(16)24-3)20-17(21)18(13-23-2)6-8-19-9-7-18/h4-5,12,19H,6-11,13H2,1-3H3,(H,20,21). The van der Waals surface area contributed by atoms with Crippen molar-refractivity contribution in [3.63, 3.8) is 0 Å². The van der Waals surface area contributed by atoms with Crippen LogP contribution < -0.4 is 20.1 Å². The van der Waals surface area contributed by atoms with E-state index >= 15 is 0 Å². The van der Waals surface area contributed by atoms with E-state index in [1.165, 1.54) is 0 Å². The number of amides is 1. The Balaban J connectivity index is 2.12. The molecule has 1 aliphatic rings. The molecular formula is C18H28N2O5. The van der Waals surface area contributed by atoms with Crippen molar-refractivity contribution in [3.8, 4) is 11.5 Å². The Morgan fingerprint density at radius 1 is 1.12 bits per heavy atom. The summed E-state index contributed by atoms with van der Waals surface area (Å²) in [5.41, 5.74) is 0.170. The van der Waals surface area contributed by atoms with Gasteiger partial charge in [-0.25, -0.2) is 0 Å². The van der Waals surface area contributed by atoms with Crippen molar-refractivity contribution >= 4 is 11.6 Å². The number of piperidine rings is 1. The highest BCUT2D eigenvalue weighted by atomic mass is 16.5. The second-order valence-corrected chi connectivity index (χ2v) is 6.12. The van der Waals surface area contributed by atoms with Gasteiger partial charge in [0.2, 0.25) is 5.91 Å². The van der Waals surface area contributed by atoms with Crippen LogP contribution in [-0.2, 0) is 14.3 Å². The van der Waals surface area contributed by atoms with Gasteiger partial charge in [0.1, 0.15) is 6.61 Å². The van der Waals surface area contributed by atoms with Gasteiger partial charge in [0.05, 0.1) is 25.7 Å². The van der Waals surface area contributed by atoms with Crippen LogP contribution in [0.15, 0.2) is 18.2 Å². The number of methoxy groups -OCH3 is 3. The molecule has 0 saturated carbocycles. The number of carbonyl (C=O) groups is 1. The fourth-order valence-electron chi connectivity index (χ4n) is 2.98. The van der Waals surface area contributed by atoms with E-state index in [1.807, 2.05) is 6.07 Å². The molecule has 0 spiro atoms. The Hall–Kier alpha value is -1.83. The molecule has 2 rings (SSSR count). The van der Waals surface area contributed by atoms with Crippen LogP contribution in [0, 0.1) is 5.41 Å². The average Bonchev–Trinajstić information content (AvgIpc) is 2.63. The molecule has 1 heterocycles. The molecule has 0 atom stereocenters. The molecule has 140 valence electrons. The highest BCUT2D eigenvalue weighted by Gasteiger charge is 2.39. The second-order valence-electron chi connectivity index (χ2n) is 6.12. The van der Waals surface area contributed by atoms with Crippen LogP contribution in [0.4, 0.5) is 5.69 Å². The molecular weight excluding hydrogens is 324 g/mol. The number of rotatable bonds is 9. The number of carbonyl (C=O) groups excluding carboxylic acids is 1. The van der Waals surface area contributed by atoms with Crippen molar-refractivity contribution in [3.05, 3.63) is 18.2 Å². The molecule has 1 amide bonds. The van der Waals surface area contributed by atoms with Gasteiger partial charge >= 0.3 is 0 Å². The number of benzene rings is 1. The van der Waals surface area contributed by atoms with Gasteiger partial charge in [-0.3, -0.25) is 4.79 Å². The molecule has 1 saturated heterocycles. The Morgan fingerprint density at radius 2 is 1.88 bits per heavy atom. The first-order valence-electron chi connectivity index (χ1n) is 8.46. The van der Waals surface area contributed by atoms with E-state index in [-0.39, 0.29) is 5.91 Å². The SMILES string of the molecule is COCCOc1cc(NC(=O)C2(COC)CCNCC2)ccc1OC. The van der Waals surface area contributed by atoms with Crippen LogP contribution in [0.25, 0.3) is 0 Å². The summed E-state index contributed by atoms with van der Waals surface area (Å²) in [4.78, 5) is 12.9. The van der Waals surface area contributed by atoms with Crippen molar-refractivity contribution in [1.29, 1.82) is 0 Å². The zero-order valence-corrected chi connectivity index (χ0v) is 15.2. The summed E-state index contributed by atoms with van der Waals surface area (Å²) in [7, 11) is 4.83. The number of nitrogens with one attached hydrogen (secondary N) is 2. The highest BCUT2D eigenvalue weighted by molar-refractivity contribution is 5.95. The fraction of sp³-hybridized carbons (Fsp3) is 0.611. The maximum Gasteiger partial charge on any atom is 0.233 e. The van der Waals surface area contributed by atoms with Crippen LogP contribution in [0.5, 0.6) is 11.5 Å². The predicted octanol–water partition coefficient (Wildman–Crippen LogP) is 1.68. The highest BCUT2D eigenvalue weighted by Crippen LogP contribution is 2.33. The van der Waals surface area contributed by atoms with Gasteiger partial charge in [-0.05, 0) is 38.1 Å².